The van der Waals surface area contributed by atoms with Gasteiger partial charge in [0.05, 0.1) is 5.56 Å². The van der Waals surface area contributed by atoms with Crippen molar-refractivity contribution in [3.8, 4) is 5.75 Å². The molecule has 3 rings (SSSR count). The number of carbonyl (C=O) groups excluding carboxylic acids is 2. The molecule has 4 heteroatoms. The fourth-order valence-corrected chi connectivity index (χ4v) is 2.23. The molecule has 1 aliphatic carbocycles. The summed E-state index contributed by atoms with van der Waals surface area (Å²) in [5, 5.41) is 2.52. The summed E-state index contributed by atoms with van der Waals surface area (Å²) in [5.41, 5.74) is 4.99. The Morgan fingerprint density at radius 1 is 1.29 bits per heavy atom. The zero-order valence-corrected chi connectivity index (χ0v) is 11.3. The maximum Gasteiger partial charge on any atom is 0.232 e. The van der Waals surface area contributed by atoms with Gasteiger partial charge in [0.2, 0.25) is 12.2 Å². The Balaban J connectivity index is 1.91. The average Bonchev–Trinajstić information content (AvgIpc) is 2.68. The molecule has 21 heavy (non-hydrogen) atoms. The van der Waals surface area contributed by atoms with Gasteiger partial charge in [-0.05, 0) is 54.8 Å². The molecule has 0 saturated carbocycles. The topological polar surface area (TPSA) is 55.4 Å². The van der Waals surface area contributed by atoms with Crippen molar-refractivity contribution in [2.75, 3.05) is 5.32 Å². The van der Waals surface area contributed by atoms with E-state index in [2.05, 4.69) is 11.0 Å². The number of rotatable bonds is 3. The van der Waals surface area contributed by atoms with Crippen LogP contribution in [-0.4, -0.2) is 12.2 Å². The van der Waals surface area contributed by atoms with Crippen LogP contribution in [0.2, 0.25) is 0 Å². The Bertz CT molecular complexity index is 734. The zero-order chi connectivity index (χ0) is 14.7. The molecule has 1 N–H and O–H groups in total. The monoisotopic (exact) mass is 279 g/mol. The quantitative estimate of drug-likeness (QED) is 0.525. The molecule has 1 heterocycles. The number of hydrogen-bond donors (Lipinski definition) is 1. The van der Waals surface area contributed by atoms with E-state index in [1.807, 2.05) is 18.2 Å². The number of allylic oxidation sites excluding steroid dienone is 5. The van der Waals surface area contributed by atoms with Crippen molar-refractivity contribution >= 4 is 17.9 Å². The van der Waals surface area contributed by atoms with Crippen LogP contribution in [0.15, 0.2) is 59.6 Å². The van der Waals surface area contributed by atoms with E-state index in [-0.39, 0.29) is 5.78 Å². The van der Waals surface area contributed by atoms with Crippen LogP contribution >= 0.6 is 0 Å². The van der Waals surface area contributed by atoms with E-state index in [1.165, 1.54) is 0 Å². The van der Waals surface area contributed by atoms with E-state index in [9.17, 15) is 9.59 Å². The van der Waals surface area contributed by atoms with E-state index in [0.29, 0.717) is 29.2 Å². The molecule has 0 saturated heterocycles. The van der Waals surface area contributed by atoms with Gasteiger partial charge in [0, 0.05) is 5.69 Å². The summed E-state index contributed by atoms with van der Waals surface area (Å²) < 4.78 is 5.59. The molecule has 1 aromatic carbocycles. The summed E-state index contributed by atoms with van der Waals surface area (Å²) in [4.78, 5) is 22.8. The lowest BCUT2D eigenvalue weighted by Crippen LogP contribution is -1.99. The maximum atomic E-state index is 12.3. The molecule has 0 aromatic heterocycles. The SMILES string of the molecule is O=CNc1ccc2c(c1)C(=O)/C(=C/C1=CCCC=C=C1)O2. The van der Waals surface area contributed by atoms with Crippen LogP contribution in [0.1, 0.15) is 23.2 Å². The number of ether oxygens (including phenoxy) is 1. The minimum Gasteiger partial charge on any atom is -0.452 e. The second kappa shape index (κ2) is 5.65. The molecular weight excluding hydrogens is 266 g/mol. The predicted molar refractivity (Wildman–Crippen MR) is 79.1 cm³/mol. The highest BCUT2D eigenvalue weighted by atomic mass is 16.5. The Labute approximate surface area is 122 Å². The zero-order valence-electron chi connectivity index (χ0n) is 11.3. The normalized spacial score (nSPS) is 18.0. The van der Waals surface area contributed by atoms with Gasteiger partial charge in [-0.1, -0.05) is 6.08 Å². The van der Waals surface area contributed by atoms with E-state index in [1.54, 1.807) is 24.3 Å². The lowest BCUT2D eigenvalue weighted by atomic mass is 10.1. The summed E-state index contributed by atoms with van der Waals surface area (Å²) in [6, 6.07) is 4.98. The van der Waals surface area contributed by atoms with Crippen molar-refractivity contribution in [1.82, 2.24) is 0 Å². The number of carbonyl (C=O) groups is 2. The van der Waals surface area contributed by atoms with Gasteiger partial charge in [-0.2, -0.15) is 0 Å². The molecule has 0 spiro atoms. The van der Waals surface area contributed by atoms with Gasteiger partial charge in [0.15, 0.2) is 5.76 Å². The number of benzene rings is 1. The lowest BCUT2D eigenvalue weighted by Gasteiger charge is -2.00. The van der Waals surface area contributed by atoms with Crippen LogP contribution < -0.4 is 10.1 Å². The standard InChI is InChI=1S/C17H13NO3/c19-11-18-13-7-8-15-14(10-13)17(20)16(21-15)9-12-5-3-1-2-4-6-12/h1,5-11H,2,4H2,(H,18,19)/b16-9-. The second-order valence-corrected chi connectivity index (χ2v) is 4.71. The summed E-state index contributed by atoms with van der Waals surface area (Å²) in [6.07, 6.45) is 10.00. The molecule has 0 atom stereocenters. The highest BCUT2D eigenvalue weighted by molar-refractivity contribution is 6.13. The van der Waals surface area contributed by atoms with Crippen molar-refractivity contribution < 1.29 is 14.3 Å². The predicted octanol–water partition coefficient (Wildman–Crippen LogP) is 3.15. The number of ketones is 1. The van der Waals surface area contributed by atoms with E-state index >= 15 is 0 Å². The van der Waals surface area contributed by atoms with Crippen LogP contribution in [0.5, 0.6) is 5.75 Å². The second-order valence-electron chi connectivity index (χ2n) is 4.71. The Morgan fingerprint density at radius 2 is 2.19 bits per heavy atom. The molecule has 1 amide bonds. The van der Waals surface area contributed by atoms with Crippen molar-refractivity contribution in [1.29, 1.82) is 0 Å². The molecule has 1 aliphatic heterocycles. The van der Waals surface area contributed by atoms with E-state index in [4.69, 9.17) is 4.74 Å². The number of hydrogen-bond acceptors (Lipinski definition) is 3. The molecular formula is C17H13NO3. The fraction of sp³-hybridized carbons (Fsp3) is 0.118. The first kappa shape index (κ1) is 13.2. The Morgan fingerprint density at radius 3 is 3.05 bits per heavy atom. The fourth-order valence-electron chi connectivity index (χ4n) is 2.23. The summed E-state index contributed by atoms with van der Waals surface area (Å²) >= 11 is 0. The van der Waals surface area contributed by atoms with Gasteiger partial charge in [-0.15, -0.1) is 5.73 Å². The smallest absolute Gasteiger partial charge is 0.232 e. The number of fused-ring (bicyclic) bond motifs is 1. The summed E-state index contributed by atoms with van der Waals surface area (Å²) in [7, 11) is 0. The highest BCUT2D eigenvalue weighted by Crippen LogP contribution is 2.33. The molecule has 0 unspecified atom stereocenters. The molecule has 0 radical (unpaired) electrons. The van der Waals surface area contributed by atoms with Gasteiger partial charge >= 0.3 is 0 Å². The van der Waals surface area contributed by atoms with Gasteiger partial charge in [-0.3, -0.25) is 9.59 Å². The average molecular weight is 279 g/mol. The third-order valence-electron chi connectivity index (χ3n) is 3.25. The van der Waals surface area contributed by atoms with Crippen LogP contribution in [-0.2, 0) is 4.79 Å². The highest BCUT2D eigenvalue weighted by Gasteiger charge is 2.27. The molecule has 1 aromatic rings. The van der Waals surface area contributed by atoms with Crippen LogP contribution in [0.4, 0.5) is 5.69 Å². The lowest BCUT2D eigenvalue weighted by molar-refractivity contribution is -0.105. The minimum atomic E-state index is -0.179. The molecule has 104 valence electrons. The van der Waals surface area contributed by atoms with Crippen molar-refractivity contribution in [3.63, 3.8) is 0 Å². The third-order valence-corrected chi connectivity index (χ3v) is 3.25. The number of Topliss-reactive ketones (excluding diaryl/α,β-unsaturated/α-hetero) is 1. The summed E-state index contributed by atoms with van der Waals surface area (Å²) in [6.45, 7) is 0. The van der Waals surface area contributed by atoms with E-state index < -0.39 is 0 Å². The first-order valence-electron chi connectivity index (χ1n) is 6.67. The van der Waals surface area contributed by atoms with Crippen molar-refractivity contribution in [3.05, 3.63) is 65.1 Å². The van der Waals surface area contributed by atoms with Gasteiger partial charge in [-0.25, -0.2) is 0 Å². The number of amides is 1. The van der Waals surface area contributed by atoms with Crippen molar-refractivity contribution in [2.24, 2.45) is 0 Å². The number of anilines is 1. The van der Waals surface area contributed by atoms with Crippen molar-refractivity contribution in [2.45, 2.75) is 12.8 Å². The summed E-state index contributed by atoms with van der Waals surface area (Å²) in [5.74, 6) is 0.623. The van der Waals surface area contributed by atoms with E-state index in [0.717, 1.165) is 18.4 Å². The van der Waals surface area contributed by atoms with Gasteiger partial charge in [0.1, 0.15) is 5.75 Å². The molecule has 4 nitrogen and oxygen atoms in total. The molecule has 0 bridgehead atoms. The van der Waals surface area contributed by atoms with Crippen LogP contribution in [0.25, 0.3) is 0 Å². The largest absolute Gasteiger partial charge is 0.452 e. The maximum absolute atomic E-state index is 12.3. The minimum absolute atomic E-state index is 0.179. The number of nitrogens with one attached hydrogen (secondary N) is 1. The first-order chi connectivity index (χ1) is 10.3. The third kappa shape index (κ3) is 2.71. The Hall–Kier alpha value is -2.84. The van der Waals surface area contributed by atoms with Crippen LogP contribution in [0.3, 0.4) is 0 Å². The molecule has 0 fully saturated rings. The molecule has 2 aliphatic rings. The van der Waals surface area contributed by atoms with Crippen LogP contribution in [0, 0.1) is 0 Å². The van der Waals surface area contributed by atoms with Gasteiger partial charge in [0.25, 0.3) is 0 Å². The first-order valence-corrected chi connectivity index (χ1v) is 6.67. The van der Waals surface area contributed by atoms with Gasteiger partial charge < -0.3 is 10.1 Å². The Kier molecular flexibility index (Phi) is 3.54.